The first kappa shape index (κ1) is 18.5. The van der Waals surface area contributed by atoms with Crippen molar-refractivity contribution in [3.63, 3.8) is 0 Å². The minimum Gasteiger partial charge on any atom is -0.455 e. The Hall–Kier alpha value is -3.26. The van der Waals surface area contributed by atoms with Gasteiger partial charge >= 0.3 is 0 Å². The number of benzene rings is 1. The number of nitro benzene ring substituents is 1. The molecule has 5 aliphatic rings. The van der Waals surface area contributed by atoms with E-state index < -0.39 is 4.92 Å². The van der Waals surface area contributed by atoms with Gasteiger partial charge in [-0.25, -0.2) is 0 Å². The van der Waals surface area contributed by atoms with Crippen LogP contribution in [0.15, 0.2) is 52.0 Å². The Morgan fingerprint density at radius 3 is 2.42 bits per heavy atom. The van der Waals surface area contributed by atoms with E-state index in [0.29, 0.717) is 11.8 Å². The van der Waals surface area contributed by atoms with Crippen molar-refractivity contribution in [2.75, 3.05) is 0 Å². The zero-order valence-electron chi connectivity index (χ0n) is 16.1. The van der Waals surface area contributed by atoms with Crippen LogP contribution in [0.3, 0.4) is 0 Å². The lowest BCUT2D eigenvalue weighted by Gasteiger charge is -2.37. The molecule has 0 radical (unpaired) electrons. The Balaban J connectivity index is 1.26. The van der Waals surface area contributed by atoms with Crippen molar-refractivity contribution in [1.82, 2.24) is 5.01 Å². The van der Waals surface area contributed by atoms with E-state index in [4.69, 9.17) is 16.0 Å². The Kier molecular flexibility index (Phi) is 3.80. The van der Waals surface area contributed by atoms with Crippen LogP contribution in [0.1, 0.15) is 12.2 Å². The second kappa shape index (κ2) is 6.37. The molecule has 1 aromatic carbocycles. The number of amides is 2. The molecule has 0 unspecified atom stereocenters. The second-order valence-electron chi connectivity index (χ2n) is 8.51. The van der Waals surface area contributed by atoms with Gasteiger partial charge in [-0.1, -0.05) is 23.8 Å². The minimum absolute atomic E-state index is 0.136. The number of nitro groups is 1. The monoisotopic (exact) mass is 437 g/mol. The summed E-state index contributed by atoms with van der Waals surface area (Å²) in [6.45, 7) is 0. The summed E-state index contributed by atoms with van der Waals surface area (Å²) in [6, 6.07) is 7.45. The van der Waals surface area contributed by atoms with Gasteiger partial charge in [-0.15, -0.1) is 0 Å². The number of rotatable bonds is 4. The quantitative estimate of drug-likeness (QED) is 0.237. The van der Waals surface area contributed by atoms with E-state index in [1.807, 2.05) is 0 Å². The van der Waals surface area contributed by atoms with Crippen molar-refractivity contribution in [3.05, 3.63) is 63.4 Å². The van der Waals surface area contributed by atoms with Gasteiger partial charge in [0.05, 0.1) is 28.5 Å². The molecular weight excluding hydrogens is 422 g/mol. The molecule has 0 N–H and O–H groups in total. The Labute approximate surface area is 181 Å². The van der Waals surface area contributed by atoms with Gasteiger partial charge < -0.3 is 4.42 Å². The first-order chi connectivity index (χ1) is 14.9. The van der Waals surface area contributed by atoms with Gasteiger partial charge in [0, 0.05) is 11.1 Å². The number of imide groups is 1. The molecule has 0 spiro atoms. The van der Waals surface area contributed by atoms with Crippen LogP contribution in [0.2, 0.25) is 5.02 Å². The standard InChI is InChI=1S/C22H16ClN3O5/c23-10-1-3-14(17(7-10)26(29)30)18-6-2-11(31-18)9-24-25-21(27)19-12-4-5-13(16-8-15(12)16)20(19)22(25)28/h1-7,9,12-13,15-16,19-20H,8H2/b24-9-/t12-,13+,15+,16-,19+,20-. The molecule has 2 amide bonds. The van der Waals surface area contributed by atoms with Crippen LogP contribution in [0, 0.1) is 45.6 Å². The van der Waals surface area contributed by atoms with Crippen LogP contribution < -0.4 is 0 Å². The van der Waals surface area contributed by atoms with E-state index in [0.717, 1.165) is 11.4 Å². The summed E-state index contributed by atoms with van der Waals surface area (Å²) in [5.41, 5.74) is 0.0936. The lowest BCUT2D eigenvalue weighted by Crippen LogP contribution is -2.40. The van der Waals surface area contributed by atoms with Crippen molar-refractivity contribution >= 4 is 35.3 Å². The van der Waals surface area contributed by atoms with Crippen LogP contribution in [0.4, 0.5) is 5.69 Å². The van der Waals surface area contributed by atoms with E-state index in [1.165, 1.54) is 24.4 Å². The van der Waals surface area contributed by atoms with E-state index in [2.05, 4.69) is 17.3 Å². The van der Waals surface area contributed by atoms with Crippen molar-refractivity contribution in [3.8, 4) is 11.3 Å². The van der Waals surface area contributed by atoms with Crippen molar-refractivity contribution in [2.24, 2.45) is 40.6 Å². The highest BCUT2D eigenvalue weighted by molar-refractivity contribution is 6.30. The fourth-order valence-electron chi connectivity index (χ4n) is 5.60. The number of carbonyl (C=O) groups excluding carboxylic acids is 2. The van der Waals surface area contributed by atoms with Crippen LogP contribution in [0.5, 0.6) is 0 Å². The number of allylic oxidation sites excluding steroid dienone is 2. The van der Waals surface area contributed by atoms with E-state index >= 15 is 0 Å². The number of hydrogen-bond acceptors (Lipinski definition) is 6. The molecule has 2 saturated carbocycles. The van der Waals surface area contributed by atoms with Crippen LogP contribution in [-0.2, 0) is 9.59 Å². The highest BCUT2D eigenvalue weighted by Gasteiger charge is 2.67. The van der Waals surface area contributed by atoms with Gasteiger partial charge in [0.25, 0.3) is 17.5 Å². The third kappa shape index (κ3) is 2.64. The number of halogens is 1. The maximum atomic E-state index is 12.9. The molecule has 8 nitrogen and oxygen atoms in total. The van der Waals surface area contributed by atoms with Crippen LogP contribution in [-0.4, -0.2) is 28.0 Å². The lowest BCUT2D eigenvalue weighted by atomic mass is 9.63. The maximum absolute atomic E-state index is 12.9. The van der Waals surface area contributed by atoms with Crippen LogP contribution >= 0.6 is 11.6 Å². The van der Waals surface area contributed by atoms with Gasteiger partial charge in [0.2, 0.25) is 0 Å². The lowest BCUT2D eigenvalue weighted by molar-refractivity contribution is -0.384. The zero-order chi connectivity index (χ0) is 21.4. The summed E-state index contributed by atoms with van der Waals surface area (Å²) in [5.74, 6) is 0.736. The molecule has 2 bridgehead atoms. The molecule has 4 aliphatic carbocycles. The average molecular weight is 438 g/mol. The predicted octanol–water partition coefficient (Wildman–Crippen LogP) is 3.90. The third-order valence-corrected chi connectivity index (χ3v) is 7.22. The van der Waals surface area contributed by atoms with E-state index in [1.54, 1.807) is 12.1 Å². The number of nitrogens with zero attached hydrogens (tertiary/aromatic N) is 3. The van der Waals surface area contributed by atoms with Crippen LogP contribution in [0.25, 0.3) is 11.3 Å². The SMILES string of the molecule is O=C1[C@@H]2[C@H]3C=C[C@H]([C@@H]4C[C@H]34)[C@@H]2C(=O)N1/N=C\c1ccc(-c2ccc(Cl)cc2[N+](=O)[O-])o1. The fraction of sp³-hybridized carbons (Fsp3) is 0.318. The smallest absolute Gasteiger partial charge is 0.281 e. The fourth-order valence-corrected chi connectivity index (χ4v) is 5.77. The average Bonchev–Trinajstić information content (AvgIpc) is 3.39. The Bertz CT molecular complexity index is 1180. The van der Waals surface area contributed by atoms with E-state index in [-0.39, 0.29) is 63.3 Å². The third-order valence-electron chi connectivity index (χ3n) is 6.99. The second-order valence-corrected chi connectivity index (χ2v) is 8.94. The van der Waals surface area contributed by atoms with Gasteiger partial charge in [0.15, 0.2) is 0 Å². The molecule has 3 fully saturated rings. The summed E-state index contributed by atoms with van der Waals surface area (Å²) in [6.07, 6.45) is 6.62. The maximum Gasteiger partial charge on any atom is 0.281 e. The normalized spacial score (nSPS) is 32.6. The number of furan rings is 1. The topological polar surface area (TPSA) is 106 Å². The highest BCUT2D eigenvalue weighted by Crippen LogP contribution is 2.65. The largest absolute Gasteiger partial charge is 0.455 e. The Morgan fingerprint density at radius 1 is 1.10 bits per heavy atom. The first-order valence-electron chi connectivity index (χ1n) is 10.1. The summed E-state index contributed by atoms with van der Waals surface area (Å²) in [7, 11) is 0. The highest BCUT2D eigenvalue weighted by atomic mass is 35.5. The molecule has 31 heavy (non-hydrogen) atoms. The molecule has 6 atom stereocenters. The first-order valence-corrected chi connectivity index (χ1v) is 10.5. The summed E-state index contributed by atoms with van der Waals surface area (Å²) >= 11 is 5.86. The number of hydrazone groups is 1. The molecule has 2 heterocycles. The van der Waals surface area contributed by atoms with Gasteiger partial charge in [-0.3, -0.25) is 19.7 Å². The molecule has 156 valence electrons. The van der Waals surface area contributed by atoms with E-state index in [9.17, 15) is 19.7 Å². The molecule has 2 aromatic rings. The van der Waals surface area contributed by atoms with Crippen molar-refractivity contribution in [1.29, 1.82) is 0 Å². The zero-order valence-corrected chi connectivity index (χ0v) is 16.8. The van der Waals surface area contributed by atoms with Gasteiger partial charge in [-0.2, -0.15) is 10.1 Å². The Morgan fingerprint density at radius 2 is 1.77 bits per heavy atom. The van der Waals surface area contributed by atoms with Crippen molar-refractivity contribution in [2.45, 2.75) is 6.42 Å². The summed E-state index contributed by atoms with van der Waals surface area (Å²) in [5, 5.41) is 16.7. The predicted molar refractivity (Wildman–Crippen MR) is 110 cm³/mol. The molecule has 7 rings (SSSR count). The molecule has 1 aliphatic heterocycles. The summed E-state index contributed by atoms with van der Waals surface area (Å²) in [4.78, 5) is 36.7. The number of hydrogen-bond donors (Lipinski definition) is 0. The molecule has 1 saturated heterocycles. The molecular formula is C22H16ClN3O5. The molecule has 1 aromatic heterocycles. The van der Waals surface area contributed by atoms with Gasteiger partial charge in [-0.05, 0) is 54.4 Å². The molecule has 9 heteroatoms. The number of carbonyl (C=O) groups is 2. The summed E-state index contributed by atoms with van der Waals surface area (Å²) < 4.78 is 5.67. The minimum atomic E-state index is -0.534. The van der Waals surface area contributed by atoms with Crippen molar-refractivity contribution < 1.29 is 18.9 Å². The van der Waals surface area contributed by atoms with Gasteiger partial charge in [0.1, 0.15) is 11.5 Å².